The first-order valence-corrected chi connectivity index (χ1v) is 7.11. The zero-order valence-electron chi connectivity index (χ0n) is 12.1. The van der Waals surface area contributed by atoms with Crippen molar-refractivity contribution in [1.82, 2.24) is 10.2 Å². The van der Waals surface area contributed by atoms with Gasteiger partial charge in [0.05, 0.1) is 0 Å². The first-order valence-electron chi connectivity index (χ1n) is 7.11. The molecule has 0 spiro atoms. The van der Waals surface area contributed by atoms with Crippen molar-refractivity contribution in [2.24, 2.45) is 5.92 Å². The highest BCUT2D eigenvalue weighted by molar-refractivity contribution is 4.71. The maximum Gasteiger partial charge on any atom is 0.0191 e. The standard InChI is InChI=1S/C14H32N2/c1-6-10-14(15-5)12-16(9-4)11-13(7-2)8-3/h13-15H,6-12H2,1-5H3. The van der Waals surface area contributed by atoms with Crippen molar-refractivity contribution < 1.29 is 0 Å². The van der Waals surface area contributed by atoms with Gasteiger partial charge in [-0.15, -0.1) is 0 Å². The first-order chi connectivity index (χ1) is 7.71. The van der Waals surface area contributed by atoms with Crippen molar-refractivity contribution >= 4 is 0 Å². The monoisotopic (exact) mass is 228 g/mol. The van der Waals surface area contributed by atoms with E-state index in [9.17, 15) is 0 Å². The van der Waals surface area contributed by atoms with Gasteiger partial charge in [0.15, 0.2) is 0 Å². The van der Waals surface area contributed by atoms with Gasteiger partial charge in [-0.1, -0.05) is 47.0 Å². The van der Waals surface area contributed by atoms with Crippen LogP contribution in [-0.4, -0.2) is 37.6 Å². The third-order valence-electron chi connectivity index (χ3n) is 3.64. The van der Waals surface area contributed by atoms with Gasteiger partial charge in [-0.3, -0.25) is 0 Å². The molecule has 1 atom stereocenters. The van der Waals surface area contributed by atoms with Gasteiger partial charge in [0.25, 0.3) is 0 Å². The highest BCUT2D eigenvalue weighted by Crippen LogP contribution is 2.11. The normalized spacial score (nSPS) is 13.7. The van der Waals surface area contributed by atoms with Gasteiger partial charge < -0.3 is 10.2 Å². The van der Waals surface area contributed by atoms with Crippen molar-refractivity contribution in [1.29, 1.82) is 0 Å². The fourth-order valence-corrected chi connectivity index (χ4v) is 2.23. The van der Waals surface area contributed by atoms with E-state index in [1.54, 1.807) is 0 Å². The van der Waals surface area contributed by atoms with Crippen LogP contribution in [0, 0.1) is 5.92 Å². The lowest BCUT2D eigenvalue weighted by atomic mass is 10.0. The average Bonchev–Trinajstić information content (AvgIpc) is 2.33. The minimum atomic E-state index is 0.666. The van der Waals surface area contributed by atoms with E-state index in [0.29, 0.717) is 6.04 Å². The van der Waals surface area contributed by atoms with Crippen molar-refractivity contribution in [2.75, 3.05) is 26.7 Å². The molecule has 0 saturated heterocycles. The highest BCUT2D eigenvalue weighted by atomic mass is 15.1. The van der Waals surface area contributed by atoms with E-state index in [4.69, 9.17) is 0 Å². The van der Waals surface area contributed by atoms with Crippen LogP contribution >= 0.6 is 0 Å². The fraction of sp³-hybridized carbons (Fsp3) is 1.00. The van der Waals surface area contributed by atoms with Gasteiger partial charge in [-0.05, 0) is 25.9 Å². The summed E-state index contributed by atoms with van der Waals surface area (Å²) >= 11 is 0. The van der Waals surface area contributed by atoms with Crippen molar-refractivity contribution in [3.05, 3.63) is 0 Å². The molecule has 2 heteroatoms. The summed E-state index contributed by atoms with van der Waals surface area (Å²) in [6.07, 6.45) is 5.18. The maximum atomic E-state index is 3.44. The van der Waals surface area contributed by atoms with Crippen molar-refractivity contribution in [3.8, 4) is 0 Å². The van der Waals surface area contributed by atoms with Crippen LogP contribution in [0.1, 0.15) is 53.4 Å². The summed E-state index contributed by atoms with van der Waals surface area (Å²) in [6.45, 7) is 12.8. The zero-order valence-corrected chi connectivity index (χ0v) is 12.1. The van der Waals surface area contributed by atoms with E-state index in [0.717, 1.165) is 5.92 Å². The quantitative estimate of drug-likeness (QED) is 0.618. The zero-order chi connectivity index (χ0) is 12.4. The molecule has 0 bridgehead atoms. The predicted molar refractivity (Wildman–Crippen MR) is 73.9 cm³/mol. The second-order valence-electron chi connectivity index (χ2n) is 4.81. The number of nitrogens with one attached hydrogen (secondary N) is 1. The largest absolute Gasteiger partial charge is 0.316 e. The Kier molecular flexibility index (Phi) is 10.0. The van der Waals surface area contributed by atoms with Gasteiger partial charge in [-0.2, -0.15) is 0 Å². The molecule has 0 aromatic carbocycles. The molecular weight excluding hydrogens is 196 g/mol. The molecule has 0 saturated carbocycles. The lowest BCUT2D eigenvalue weighted by Gasteiger charge is -2.29. The van der Waals surface area contributed by atoms with Crippen LogP contribution in [0.25, 0.3) is 0 Å². The average molecular weight is 228 g/mol. The Morgan fingerprint density at radius 2 is 1.62 bits per heavy atom. The van der Waals surface area contributed by atoms with Gasteiger partial charge in [-0.25, -0.2) is 0 Å². The minimum Gasteiger partial charge on any atom is -0.316 e. The van der Waals surface area contributed by atoms with Crippen LogP contribution in [0.4, 0.5) is 0 Å². The van der Waals surface area contributed by atoms with Gasteiger partial charge in [0, 0.05) is 19.1 Å². The number of nitrogens with zero attached hydrogens (tertiary/aromatic N) is 1. The topological polar surface area (TPSA) is 15.3 Å². The smallest absolute Gasteiger partial charge is 0.0191 e. The molecule has 2 nitrogen and oxygen atoms in total. The molecule has 1 N–H and O–H groups in total. The fourth-order valence-electron chi connectivity index (χ4n) is 2.23. The van der Waals surface area contributed by atoms with Crippen LogP contribution in [0.3, 0.4) is 0 Å². The number of hydrogen-bond donors (Lipinski definition) is 1. The van der Waals surface area contributed by atoms with E-state index in [2.05, 4.69) is 45.0 Å². The van der Waals surface area contributed by atoms with Crippen LogP contribution in [-0.2, 0) is 0 Å². The minimum absolute atomic E-state index is 0.666. The molecule has 0 aromatic rings. The molecule has 0 aliphatic heterocycles. The second kappa shape index (κ2) is 10.1. The lowest BCUT2D eigenvalue weighted by Crippen LogP contribution is -2.41. The van der Waals surface area contributed by atoms with Crippen molar-refractivity contribution in [2.45, 2.75) is 59.4 Å². The van der Waals surface area contributed by atoms with Gasteiger partial charge in [0.2, 0.25) is 0 Å². The third kappa shape index (κ3) is 6.49. The van der Waals surface area contributed by atoms with Crippen LogP contribution in [0.2, 0.25) is 0 Å². The number of rotatable bonds is 10. The summed E-state index contributed by atoms with van der Waals surface area (Å²) in [5.74, 6) is 0.874. The Morgan fingerprint density at radius 3 is 2.00 bits per heavy atom. The number of likely N-dealkylation sites (N-methyl/N-ethyl adjacent to an activating group) is 2. The molecule has 0 aliphatic carbocycles. The van der Waals surface area contributed by atoms with Crippen LogP contribution in [0.5, 0.6) is 0 Å². The molecule has 1 unspecified atom stereocenters. The Bertz CT molecular complexity index is 144. The van der Waals surface area contributed by atoms with E-state index >= 15 is 0 Å². The molecule has 0 aromatic heterocycles. The second-order valence-corrected chi connectivity index (χ2v) is 4.81. The molecule has 16 heavy (non-hydrogen) atoms. The maximum absolute atomic E-state index is 3.44. The molecule has 0 fully saturated rings. The molecule has 0 radical (unpaired) electrons. The molecule has 0 rings (SSSR count). The predicted octanol–water partition coefficient (Wildman–Crippen LogP) is 3.13. The summed E-state index contributed by atoms with van der Waals surface area (Å²) < 4.78 is 0. The van der Waals surface area contributed by atoms with Crippen molar-refractivity contribution in [3.63, 3.8) is 0 Å². The SMILES string of the molecule is CCCC(CN(CC)CC(CC)CC)NC. The summed E-state index contributed by atoms with van der Waals surface area (Å²) in [7, 11) is 2.09. The van der Waals surface area contributed by atoms with Gasteiger partial charge >= 0.3 is 0 Å². The van der Waals surface area contributed by atoms with E-state index in [-0.39, 0.29) is 0 Å². The molecule has 98 valence electrons. The highest BCUT2D eigenvalue weighted by Gasteiger charge is 2.13. The van der Waals surface area contributed by atoms with Gasteiger partial charge in [0.1, 0.15) is 0 Å². The summed E-state index contributed by atoms with van der Waals surface area (Å²) in [4.78, 5) is 2.61. The molecule has 0 heterocycles. The molecule has 0 aliphatic rings. The Balaban J connectivity index is 4.05. The summed E-state index contributed by atoms with van der Waals surface area (Å²) in [5, 5.41) is 3.44. The molecule has 0 amide bonds. The van der Waals surface area contributed by atoms with E-state index in [1.807, 2.05) is 0 Å². The Labute approximate surface area is 103 Å². The van der Waals surface area contributed by atoms with E-state index < -0.39 is 0 Å². The third-order valence-corrected chi connectivity index (χ3v) is 3.64. The summed E-state index contributed by atoms with van der Waals surface area (Å²) in [5.41, 5.74) is 0. The summed E-state index contributed by atoms with van der Waals surface area (Å²) in [6, 6.07) is 0.666. The first kappa shape index (κ1) is 15.9. The molecular formula is C14H32N2. The number of hydrogen-bond acceptors (Lipinski definition) is 2. The van der Waals surface area contributed by atoms with E-state index in [1.165, 1.54) is 45.3 Å². The Morgan fingerprint density at radius 1 is 1.00 bits per heavy atom. The Hall–Kier alpha value is -0.0800. The lowest BCUT2D eigenvalue weighted by molar-refractivity contribution is 0.209. The van der Waals surface area contributed by atoms with Crippen LogP contribution in [0.15, 0.2) is 0 Å². The van der Waals surface area contributed by atoms with Crippen LogP contribution < -0.4 is 5.32 Å².